The first-order valence-corrected chi connectivity index (χ1v) is 7.68. The first-order chi connectivity index (χ1) is 9.49. The van der Waals surface area contributed by atoms with Crippen molar-refractivity contribution in [3.8, 4) is 5.75 Å². The molecular weight excluding hydrogens is 248 g/mol. The SMILES string of the molecule is CCC(CC)C(CNC(C)c1cccc(O)c1)N(C)C. The fraction of sp³-hybridized carbons (Fsp3) is 0.647. The van der Waals surface area contributed by atoms with Gasteiger partial charge in [0.05, 0.1) is 0 Å². The van der Waals surface area contributed by atoms with Crippen LogP contribution in [0.5, 0.6) is 5.75 Å². The Morgan fingerprint density at radius 3 is 2.35 bits per heavy atom. The van der Waals surface area contributed by atoms with Crippen molar-refractivity contribution in [1.82, 2.24) is 10.2 Å². The van der Waals surface area contributed by atoms with Crippen LogP contribution in [0, 0.1) is 5.92 Å². The number of hydrogen-bond donors (Lipinski definition) is 2. The standard InChI is InChI=1S/C17H30N2O/c1-6-14(7-2)17(19(4)5)12-18-13(3)15-9-8-10-16(20)11-15/h8-11,13-14,17-18,20H,6-7,12H2,1-5H3. The van der Waals surface area contributed by atoms with E-state index in [1.54, 1.807) is 6.07 Å². The zero-order chi connectivity index (χ0) is 15.1. The number of phenolic OH excluding ortho intramolecular Hbond substituents is 1. The molecule has 0 amide bonds. The maximum Gasteiger partial charge on any atom is 0.115 e. The molecule has 1 aromatic carbocycles. The molecule has 0 fully saturated rings. The lowest BCUT2D eigenvalue weighted by atomic mass is 9.93. The Balaban J connectivity index is 2.63. The molecule has 20 heavy (non-hydrogen) atoms. The van der Waals surface area contributed by atoms with Crippen molar-refractivity contribution in [2.45, 2.75) is 45.7 Å². The van der Waals surface area contributed by atoms with Crippen molar-refractivity contribution in [2.24, 2.45) is 5.92 Å². The summed E-state index contributed by atoms with van der Waals surface area (Å²) in [5.41, 5.74) is 1.13. The van der Waals surface area contributed by atoms with E-state index in [9.17, 15) is 5.11 Å². The van der Waals surface area contributed by atoms with E-state index in [-0.39, 0.29) is 6.04 Å². The first kappa shape index (κ1) is 17.0. The highest BCUT2D eigenvalue weighted by Gasteiger charge is 2.21. The minimum Gasteiger partial charge on any atom is -0.508 e. The van der Waals surface area contributed by atoms with E-state index in [2.05, 4.69) is 51.1 Å². The van der Waals surface area contributed by atoms with Gasteiger partial charge in [-0.25, -0.2) is 0 Å². The molecule has 1 rings (SSSR count). The monoisotopic (exact) mass is 278 g/mol. The molecule has 114 valence electrons. The molecule has 0 aliphatic carbocycles. The number of aromatic hydroxyl groups is 1. The van der Waals surface area contributed by atoms with Crippen molar-refractivity contribution in [1.29, 1.82) is 0 Å². The lowest BCUT2D eigenvalue weighted by molar-refractivity contribution is 0.190. The van der Waals surface area contributed by atoms with E-state index in [1.807, 2.05) is 12.1 Å². The summed E-state index contributed by atoms with van der Waals surface area (Å²) in [6.45, 7) is 7.65. The number of likely N-dealkylation sites (N-methyl/N-ethyl adjacent to an activating group) is 1. The Labute approximate surface area is 124 Å². The minimum absolute atomic E-state index is 0.249. The Morgan fingerprint density at radius 1 is 1.20 bits per heavy atom. The number of rotatable bonds is 8. The van der Waals surface area contributed by atoms with Crippen LogP contribution in [0.1, 0.15) is 45.2 Å². The molecule has 0 saturated carbocycles. The quantitative estimate of drug-likeness (QED) is 0.765. The van der Waals surface area contributed by atoms with Gasteiger partial charge in [-0.1, -0.05) is 38.8 Å². The lowest BCUT2D eigenvalue weighted by Crippen LogP contribution is -2.43. The van der Waals surface area contributed by atoms with Crippen LogP contribution in [0.25, 0.3) is 0 Å². The Bertz CT molecular complexity index is 388. The normalized spacial score (nSPS) is 14.8. The van der Waals surface area contributed by atoms with E-state index in [0.717, 1.165) is 12.1 Å². The van der Waals surface area contributed by atoms with Crippen molar-refractivity contribution in [3.05, 3.63) is 29.8 Å². The van der Waals surface area contributed by atoms with Crippen LogP contribution < -0.4 is 5.32 Å². The van der Waals surface area contributed by atoms with Gasteiger partial charge in [-0.3, -0.25) is 0 Å². The van der Waals surface area contributed by atoms with Crippen molar-refractivity contribution >= 4 is 0 Å². The molecule has 2 atom stereocenters. The van der Waals surface area contributed by atoms with Crippen molar-refractivity contribution in [3.63, 3.8) is 0 Å². The predicted octanol–water partition coefficient (Wildman–Crippen LogP) is 3.41. The molecule has 3 nitrogen and oxygen atoms in total. The zero-order valence-corrected chi connectivity index (χ0v) is 13.6. The van der Waals surface area contributed by atoms with Gasteiger partial charge in [0.15, 0.2) is 0 Å². The van der Waals surface area contributed by atoms with Crippen LogP contribution >= 0.6 is 0 Å². The summed E-state index contributed by atoms with van der Waals surface area (Å²) in [5, 5.41) is 13.2. The topological polar surface area (TPSA) is 35.5 Å². The van der Waals surface area contributed by atoms with Gasteiger partial charge in [0.1, 0.15) is 5.75 Å². The average molecular weight is 278 g/mol. The Kier molecular flexibility index (Phi) is 7.03. The molecular formula is C17H30N2O. The van der Waals surface area contributed by atoms with Crippen molar-refractivity contribution in [2.75, 3.05) is 20.6 Å². The average Bonchev–Trinajstić information content (AvgIpc) is 2.42. The fourth-order valence-corrected chi connectivity index (χ4v) is 2.81. The molecule has 0 radical (unpaired) electrons. The molecule has 0 bridgehead atoms. The highest BCUT2D eigenvalue weighted by atomic mass is 16.3. The van der Waals surface area contributed by atoms with Crippen LogP contribution in [0.4, 0.5) is 0 Å². The predicted molar refractivity (Wildman–Crippen MR) is 86.1 cm³/mol. The largest absolute Gasteiger partial charge is 0.508 e. The van der Waals surface area contributed by atoms with E-state index in [1.165, 1.54) is 12.8 Å². The Hall–Kier alpha value is -1.06. The van der Waals surface area contributed by atoms with Crippen LogP contribution in [0.15, 0.2) is 24.3 Å². The summed E-state index contributed by atoms with van der Waals surface area (Å²) in [6.07, 6.45) is 2.42. The minimum atomic E-state index is 0.249. The third-order valence-electron chi connectivity index (χ3n) is 4.26. The van der Waals surface area contributed by atoms with Gasteiger partial charge in [0, 0.05) is 18.6 Å². The van der Waals surface area contributed by atoms with Crippen molar-refractivity contribution < 1.29 is 5.11 Å². The summed E-state index contributed by atoms with van der Waals surface area (Å²) in [6, 6.07) is 8.29. The molecule has 0 saturated heterocycles. The van der Waals surface area contributed by atoms with E-state index < -0.39 is 0 Å². The van der Waals surface area contributed by atoms with Crippen LogP contribution in [0.2, 0.25) is 0 Å². The molecule has 0 aliphatic heterocycles. The summed E-state index contributed by atoms with van der Waals surface area (Å²) in [4.78, 5) is 2.32. The second kappa shape index (κ2) is 8.28. The lowest BCUT2D eigenvalue weighted by Gasteiger charge is -2.32. The highest BCUT2D eigenvalue weighted by Crippen LogP contribution is 2.20. The summed E-state index contributed by atoms with van der Waals surface area (Å²) < 4.78 is 0. The molecule has 3 heteroatoms. The molecule has 1 aromatic rings. The fourth-order valence-electron chi connectivity index (χ4n) is 2.81. The summed E-state index contributed by atoms with van der Waals surface area (Å²) in [5.74, 6) is 1.05. The molecule has 0 aliphatic rings. The summed E-state index contributed by atoms with van der Waals surface area (Å²) in [7, 11) is 4.31. The van der Waals surface area contributed by atoms with E-state index in [4.69, 9.17) is 0 Å². The molecule has 2 unspecified atom stereocenters. The third-order valence-corrected chi connectivity index (χ3v) is 4.26. The first-order valence-electron chi connectivity index (χ1n) is 7.68. The number of hydrogen-bond acceptors (Lipinski definition) is 3. The van der Waals surface area contributed by atoms with Gasteiger partial charge in [-0.2, -0.15) is 0 Å². The van der Waals surface area contributed by atoms with Gasteiger partial charge in [-0.05, 0) is 44.6 Å². The Morgan fingerprint density at radius 2 is 1.85 bits per heavy atom. The number of phenols is 1. The van der Waals surface area contributed by atoms with Gasteiger partial charge >= 0.3 is 0 Å². The third kappa shape index (κ3) is 4.80. The smallest absolute Gasteiger partial charge is 0.115 e. The van der Waals surface area contributed by atoms with Crippen LogP contribution in [-0.4, -0.2) is 36.7 Å². The maximum atomic E-state index is 9.56. The molecule has 0 aromatic heterocycles. The van der Waals surface area contributed by atoms with Gasteiger partial charge in [0.25, 0.3) is 0 Å². The second-order valence-corrected chi connectivity index (χ2v) is 5.83. The number of benzene rings is 1. The molecule has 0 spiro atoms. The highest BCUT2D eigenvalue weighted by molar-refractivity contribution is 5.29. The number of nitrogens with zero attached hydrogens (tertiary/aromatic N) is 1. The number of nitrogens with one attached hydrogen (secondary N) is 1. The van der Waals surface area contributed by atoms with Gasteiger partial charge in [-0.15, -0.1) is 0 Å². The maximum absolute atomic E-state index is 9.56. The zero-order valence-electron chi connectivity index (χ0n) is 13.6. The van der Waals surface area contributed by atoms with E-state index in [0.29, 0.717) is 17.7 Å². The summed E-state index contributed by atoms with van der Waals surface area (Å²) >= 11 is 0. The second-order valence-electron chi connectivity index (χ2n) is 5.83. The molecule has 2 N–H and O–H groups in total. The van der Waals surface area contributed by atoms with Crippen LogP contribution in [-0.2, 0) is 0 Å². The molecule has 0 heterocycles. The van der Waals surface area contributed by atoms with Gasteiger partial charge in [0.2, 0.25) is 0 Å². The van der Waals surface area contributed by atoms with E-state index >= 15 is 0 Å². The van der Waals surface area contributed by atoms with Crippen LogP contribution in [0.3, 0.4) is 0 Å². The van der Waals surface area contributed by atoms with Gasteiger partial charge < -0.3 is 15.3 Å².